The molecule has 1 aromatic rings. The molecule has 0 radical (unpaired) electrons. The van der Waals surface area contributed by atoms with Gasteiger partial charge in [0.05, 0.1) is 7.11 Å². The van der Waals surface area contributed by atoms with Gasteiger partial charge in [-0.2, -0.15) is 0 Å². The summed E-state index contributed by atoms with van der Waals surface area (Å²) in [6.45, 7) is 8.57. The Balaban J connectivity index is 0.000000771. The van der Waals surface area contributed by atoms with Crippen LogP contribution in [0.4, 0.5) is 5.69 Å². The van der Waals surface area contributed by atoms with Gasteiger partial charge in [0, 0.05) is 31.4 Å². The molecule has 1 fully saturated rings. The topological polar surface area (TPSA) is 15.7 Å². The average Bonchev–Trinajstić information content (AvgIpc) is 2.66. The monoisotopic (exact) mass is 250 g/mol. The molecule has 0 saturated carbocycles. The maximum Gasteiger partial charge on any atom is 0.120 e. The molecular weight excluding hydrogens is 224 g/mol. The van der Waals surface area contributed by atoms with Crippen molar-refractivity contribution in [1.82, 2.24) is 4.90 Å². The zero-order chi connectivity index (χ0) is 13.4. The first-order valence-electron chi connectivity index (χ1n) is 6.87. The van der Waals surface area contributed by atoms with Crippen LogP contribution in [0.5, 0.6) is 5.75 Å². The number of hydrogen-bond donors (Lipinski definition) is 0. The maximum absolute atomic E-state index is 5.26. The molecule has 3 heteroatoms. The first-order valence-corrected chi connectivity index (χ1v) is 6.87. The van der Waals surface area contributed by atoms with Crippen LogP contribution in [-0.4, -0.2) is 45.2 Å². The van der Waals surface area contributed by atoms with Gasteiger partial charge in [-0.05, 0) is 32.1 Å². The Kier molecular flexibility index (Phi) is 6.58. The lowest BCUT2D eigenvalue weighted by atomic mass is 10.2. The number of likely N-dealkylation sites (N-methyl/N-ethyl adjacent to an activating group) is 1. The van der Waals surface area contributed by atoms with Crippen molar-refractivity contribution in [1.29, 1.82) is 0 Å². The highest BCUT2D eigenvalue weighted by molar-refractivity contribution is 5.50. The van der Waals surface area contributed by atoms with Crippen LogP contribution in [0.2, 0.25) is 0 Å². The summed E-state index contributed by atoms with van der Waals surface area (Å²) in [5, 5.41) is 0. The second kappa shape index (κ2) is 7.98. The Morgan fingerprint density at radius 1 is 1.06 bits per heavy atom. The van der Waals surface area contributed by atoms with Crippen molar-refractivity contribution in [3.8, 4) is 5.75 Å². The molecule has 0 amide bonds. The van der Waals surface area contributed by atoms with Crippen molar-refractivity contribution in [2.75, 3.05) is 45.2 Å². The zero-order valence-electron chi connectivity index (χ0n) is 12.1. The minimum absolute atomic E-state index is 0.940. The number of benzene rings is 1. The Labute approximate surface area is 111 Å². The molecule has 0 aromatic heterocycles. The van der Waals surface area contributed by atoms with Gasteiger partial charge in [-0.1, -0.05) is 19.9 Å². The van der Waals surface area contributed by atoms with Gasteiger partial charge >= 0.3 is 0 Å². The van der Waals surface area contributed by atoms with Crippen LogP contribution >= 0.6 is 0 Å². The standard InChI is InChI=1S/C13H20N2O.C2H6/c1-14-7-4-8-15(10-9-14)12-5-3-6-13(11-12)16-2;1-2/h3,5-6,11H,4,7-10H2,1-2H3;1-2H3. The van der Waals surface area contributed by atoms with Gasteiger partial charge in [-0.15, -0.1) is 0 Å². The van der Waals surface area contributed by atoms with E-state index in [9.17, 15) is 0 Å². The predicted molar refractivity (Wildman–Crippen MR) is 78.7 cm³/mol. The fourth-order valence-corrected chi connectivity index (χ4v) is 2.11. The fourth-order valence-electron chi connectivity index (χ4n) is 2.11. The Hall–Kier alpha value is -1.22. The highest BCUT2D eigenvalue weighted by Gasteiger charge is 2.12. The zero-order valence-corrected chi connectivity index (χ0v) is 12.1. The molecule has 18 heavy (non-hydrogen) atoms. The summed E-state index contributed by atoms with van der Waals surface area (Å²) in [5.41, 5.74) is 1.27. The highest BCUT2D eigenvalue weighted by Crippen LogP contribution is 2.21. The van der Waals surface area contributed by atoms with E-state index in [4.69, 9.17) is 4.74 Å². The van der Waals surface area contributed by atoms with E-state index in [1.807, 2.05) is 19.9 Å². The van der Waals surface area contributed by atoms with Gasteiger partial charge in [0.15, 0.2) is 0 Å². The molecule has 0 bridgehead atoms. The molecular formula is C15H26N2O. The van der Waals surface area contributed by atoms with E-state index in [1.165, 1.54) is 18.7 Å². The Bertz CT molecular complexity index is 341. The van der Waals surface area contributed by atoms with Crippen molar-refractivity contribution < 1.29 is 4.74 Å². The van der Waals surface area contributed by atoms with Crippen LogP contribution < -0.4 is 9.64 Å². The van der Waals surface area contributed by atoms with Gasteiger partial charge in [0.25, 0.3) is 0 Å². The maximum atomic E-state index is 5.26. The lowest BCUT2D eigenvalue weighted by molar-refractivity contribution is 0.360. The summed E-state index contributed by atoms with van der Waals surface area (Å²) in [5.74, 6) is 0.940. The summed E-state index contributed by atoms with van der Waals surface area (Å²) < 4.78 is 5.26. The van der Waals surface area contributed by atoms with Gasteiger partial charge < -0.3 is 14.5 Å². The third-order valence-corrected chi connectivity index (χ3v) is 3.14. The normalized spacial score (nSPS) is 16.6. The van der Waals surface area contributed by atoms with Gasteiger partial charge in [-0.3, -0.25) is 0 Å². The number of nitrogens with zero attached hydrogens (tertiary/aromatic N) is 2. The van der Waals surface area contributed by atoms with Crippen LogP contribution in [0.15, 0.2) is 24.3 Å². The van der Waals surface area contributed by atoms with E-state index in [2.05, 4.69) is 35.0 Å². The molecule has 1 heterocycles. The third kappa shape index (κ3) is 4.22. The molecule has 0 aliphatic carbocycles. The minimum Gasteiger partial charge on any atom is -0.497 e. The van der Waals surface area contributed by atoms with E-state index < -0.39 is 0 Å². The van der Waals surface area contributed by atoms with Crippen molar-refractivity contribution in [2.24, 2.45) is 0 Å². The summed E-state index contributed by atoms with van der Waals surface area (Å²) >= 11 is 0. The lowest BCUT2D eigenvalue weighted by Crippen LogP contribution is -2.28. The van der Waals surface area contributed by atoms with Crippen LogP contribution in [-0.2, 0) is 0 Å². The molecule has 1 aliphatic heterocycles. The van der Waals surface area contributed by atoms with Crippen molar-refractivity contribution >= 4 is 5.69 Å². The molecule has 2 rings (SSSR count). The molecule has 0 unspecified atom stereocenters. The second-order valence-electron chi connectivity index (χ2n) is 4.35. The quantitative estimate of drug-likeness (QED) is 0.802. The molecule has 1 saturated heterocycles. The fraction of sp³-hybridized carbons (Fsp3) is 0.600. The summed E-state index contributed by atoms with van der Waals surface area (Å²) in [7, 11) is 3.91. The van der Waals surface area contributed by atoms with Gasteiger partial charge in [0.1, 0.15) is 5.75 Å². The highest BCUT2D eigenvalue weighted by atomic mass is 16.5. The minimum atomic E-state index is 0.940. The molecule has 0 atom stereocenters. The molecule has 1 aliphatic rings. The van der Waals surface area contributed by atoms with Gasteiger partial charge in [-0.25, -0.2) is 0 Å². The van der Waals surface area contributed by atoms with Gasteiger partial charge in [0.2, 0.25) is 0 Å². The average molecular weight is 250 g/mol. The number of anilines is 1. The van der Waals surface area contributed by atoms with Crippen molar-refractivity contribution in [3.05, 3.63) is 24.3 Å². The number of rotatable bonds is 2. The smallest absolute Gasteiger partial charge is 0.120 e. The van der Waals surface area contributed by atoms with Crippen LogP contribution in [0.3, 0.4) is 0 Å². The third-order valence-electron chi connectivity index (χ3n) is 3.14. The van der Waals surface area contributed by atoms with Crippen LogP contribution in [0.25, 0.3) is 0 Å². The summed E-state index contributed by atoms with van der Waals surface area (Å²) in [6.07, 6.45) is 1.23. The van der Waals surface area contributed by atoms with Crippen LogP contribution in [0.1, 0.15) is 20.3 Å². The number of ether oxygens (including phenoxy) is 1. The first kappa shape index (κ1) is 14.8. The molecule has 102 valence electrons. The molecule has 3 nitrogen and oxygen atoms in total. The van der Waals surface area contributed by atoms with Crippen molar-refractivity contribution in [3.63, 3.8) is 0 Å². The second-order valence-corrected chi connectivity index (χ2v) is 4.35. The van der Waals surface area contributed by atoms with E-state index in [1.54, 1.807) is 7.11 Å². The molecule has 0 N–H and O–H groups in total. The lowest BCUT2D eigenvalue weighted by Gasteiger charge is -2.23. The molecule has 1 aromatic carbocycles. The van der Waals surface area contributed by atoms with Crippen molar-refractivity contribution in [2.45, 2.75) is 20.3 Å². The number of methoxy groups -OCH3 is 1. The predicted octanol–water partition coefficient (Wildman–Crippen LogP) is 2.86. The number of hydrogen-bond acceptors (Lipinski definition) is 3. The van der Waals surface area contributed by atoms with E-state index >= 15 is 0 Å². The Morgan fingerprint density at radius 3 is 2.56 bits per heavy atom. The van der Waals surface area contributed by atoms with Crippen LogP contribution in [0, 0.1) is 0 Å². The largest absolute Gasteiger partial charge is 0.497 e. The first-order chi connectivity index (χ1) is 8.79. The van der Waals surface area contributed by atoms with E-state index in [0.29, 0.717) is 0 Å². The van der Waals surface area contributed by atoms with E-state index in [-0.39, 0.29) is 0 Å². The molecule has 0 spiro atoms. The summed E-state index contributed by atoms with van der Waals surface area (Å²) in [6, 6.07) is 8.33. The van der Waals surface area contributed by atoms with E-state index in [0.717, 1.165) is 25.4 Å². The Morgan fingerprint density at radius 2 is 1.83 bits per heavy atom. The SMILES string of the molecule is CC.COc1cccc(N2CCCN(C)CC2)c1. The summed E-state index contributed by atoms with van der Waals surface area (Å²) in [4.78, 5) is 4.83.